The number of rotatable bonds is 16. The van der Waals surface area contributed by atoms with Crippen molar-refractivity contribution in [3.05, 3.63) is 29.8 Å². The first-order valence-electron chi connectivity index (χ1n) is 11.2. The summed E-state index contributed by atoms with van der Waals surface area (Å²) in [5.41, 5.74) is 11.7. The molecule has 200 valence electrons. The Morgan fingerprint density at radius 3 is 1.94 bits per heavy atom. The van der Waals surface area contributed by atoms with Gasteiger partial charge < -0.3 is 42.7 Å². The predicted octanol–water partition coefficient (Wildman–Crippen LogP) is -1.67. The molecule has 0 saturated carbocycles. The first-order chi connectivity index (χ1) is 17.0. The molecule has 36 heavy (non-hydrogen) atoms. The van der Waals surface area contributed by atoms with Crippen molar-refractivity contribution in [2.75, 3.05) is 12.3 Å². The number of carboxylic acid groups (broad SMARTS) is 2. The molecule has 4 atom stereocenters. The summed E-state index contributed by atoms with van der Waals surface area (Å²) in [6, 6.07) is 0.709. The van der Waals surface area contributed by atoms with Crippen molar-refractivity contribution < 1.29 is 39.3 Å². The van der Waals surface area contributed by atoms with Gasteiger partial charge in [-0.25, -0.2) is 4.79 Å². The van der Waals surface area contributed by atoms with Gasteiger partial charge in [-0.2, -0.15) is 12.6 Å². The van der Waals surface area contributed by atoms with E-state index in [-0.39, 0.29) is 24.3 Å². The molecule has 1 aromatic carbocycles. The fourth-order valence-corrected chi connectivity index (χ4v) is 3.38. The highest BCUT2D eigenvalue weighted by molar-refractivity contribution is 7.80. The number of nitrogens with one attached hydrogen (secondary N) is 3. The number of aromatic hydroxyl groups is 1. The predicted molar refractivity (Wildman–Crippen MR) is 132 cm³/mol. The Hall–Kier alpha value is -3.36. The summed E-state index contributed by atoms with van der Waals surface area (Å²) in [5.74, 6) is -5.20. The van der Waals surface area contributed by atoms with E-state index in [1.54, 1.807) is 0 Å². The van der Waals surface area contributed by atoms with Crippen molar-refractivity contribution in [3.8, 4) is 5.75 Å². The van der Waals surface area contributed by atoms with Gasteiger partial charge in [-0.15, -0.1) is 0 Å². The largest absolute Gasteiger partial charge is 0.508 e. The molecular formula is C22H33N5O8S. The number of unbranched alkanes of at least 4 members (excludes halogenated alkanes) is 1. The number of aliphatic carboxylic acids is 2. The van der Waals surface area contributed by atoms with E-state index >= 15 is 0 Å². The number of amides is 3. The highest BCUT2D eigenvalue weighted by Gasteiger charge is 2.30. The van der Waals surface area contributed by atoms with E-state index in [9.17, 15) is 34.2 Å². The van der Waals surface area contributed by atoms with Gasteiger partial charge in [0, 0.05) is 12.2 Å². The zero-order valence-electron chi connectivity index (χ0n) is 19.6. The van der Waals surface area contributed by atoms with Gasteiger partial charge in [-0.1, -0.05) is 12.1 Å². The number of carbonyl (C=O) groups excluding carboxylic acids is 3. The molecule has 0 aliphatic heterocycles. The molecule has 3 amide bonds. The Morgan fingerprint density at radius 2 is 1.42 bits per heavy atom. The number of hydrogen-bond acceptors (Lipinski definition) is 9. The van der Waals surface area contributed by atoms with Gasteiger partial charge in [0.05, 0.1) is 12.5 Å². The number of carboxylic acids is 2. The van der Waals surface area contributed by atoms with Gasteiger partial charge in [0.2, 0.25) is 17.7 Å². The SMILES string of the molecule is NCCCCC(NC(=O)C(Cc1ccc(O)cc1)NC(=O)C(N)CC(=O)O)C(=O)NC(CS)C(=O)O. The minimum Gasteiger partial charge on any atom is -0.508 e. The zero-order valence-corrected chi connectivity index (χ0v) is 20.4. The summed E-state index contributed by atoms with van der Waals surface area (Å²) in [7, 11) is 0. The average molecular weight is 528 g/mol. The molecule has 10 N–H and O–H groups in total. The lowest BCUT2D eigenvalue weighted by Crippen LogP contribution is -2.58. The van der Waals surface area contributed by atoms with Crippen LogP contribution in [0.5, 0.6) is 5.75 Å². The molecule has 1 rings (SSSR count). The minimum absolute atomic E-state index is 0.0129. The van der Waals surface area contributed by atoms with E-state index < -0.39 is 60.2 Å². The molecule has 14 heteroatoms. The Labute approximate surface area is 213 Å². The average Bonchev–Trinajstić information content (AvgIpc) is 2.81. The summed E-state index contributed by atoms with van der Waals surface area (Å²) >= 11 is 3.91. The first-order valence-corrected chi connectivity index (χ1v) is 11.8. The molecule has 0 saturated heterocycles. The summed E-state index contributed by atoms with van der Waals surface area (Å²) in [4.78, 5) is 60.5. The second-order valence-corrected chi connectivity index (χ2v) is 8.43. The van der Waals surface area contributed by atoms with Crippen LogP contribution in [-0.2, 0) is 30.4 Å². The van der Waals surface area contributed by atoms with Crippen molar-refractivity contribution in [2.24, 2.45) is 11.5 Å². The fourth-order valence-electron chi connectivity index (χ4n) is 3.13. The van der Waals surface area contributed by atoms with E-state index in [1.807, 2.05) is 0 Å². The lowest BCUT2D eigenvalue weighted by molar-refractivity contribution is -0.141. The third kappa shape index (κ3) is 10.9. The van der Waals surface area contributed by atoms with Crippen molar-refractivity contribution >= 4 is 42.3 Å². The Balaban J connectivity index is 3.11. The smallest absolute Gasteiger partial charge is 0.327 e. The molecule has 1 aromatic rings. The van der Waals surface area contributed by atoms with Crippen LogP contribution >= 0.6 is 12.6 Å². The van der Waals surface area contributed by atoms with Gasteiger partial charge in [0.15, 0.2) is 0 Å². The molecule has 0 aliphatic carbocycles. The maximum atomic E-state index is 13.2. The van der Waals surface area contributed by atoms with Crippen molar-refractivity contribution in [3.63, 3.8) is 0 Å². The van der Waals surface area contributed by atoms with Gasteiger partial charge >= 0.3 is 11.9 Å². The van der Waals surface area contributed by atoms with Gasteiger partial charge in [0.1, 0.15) is 23.9 Å². The van der Waals surface area contributed by atoms with Crippen molar-refractivity contribution in [1.82, 2.24) is 16.0 Å². The van der Waals surface area contributed by atoms with Crippen LogP contribution in [0, 0.1) is 0 Å². The van der Waals surface area contributed by atoms with Crippen LogP contribution in [0.25, 0.3) is 0 Å². The summed E-state index contributed by atoms with van der Waals surface area (Å²) in [6.45, 7) is 0.345. The van der Waals surface area contributed by atoms with Gasteiger partial charge in [-0.05, 0) is 43.5 Å². The second-order valence-electron chi connectivity index (χ2n) is 8.06. The Kier molecular flexibility index (Phi) is 13.3. The molecule has 0 spiro atoms. The van der Waals surface area contributed by atoms with Crippen LogP contribution in [0.2, 0.25) is 0 Å². The normalized spacial score (nSPS) is 14.1. The Bertz CT molecular complexity index is 914. The molecule has 0 radical (unpaired) electrons. The number of carbonyl (C=O) groups is 5. The van der Waals surface area contributed by atoms with Gasteiger partial charge in [-0.3, -0.25) is 19.2 Å². The fraction of sp³-hybridized carbons (Fsp3) is 0.500. The van der Waals surface area contributed by atoms with Gasteiger partial charge in [0.25, 0.3) is 0 Å². The highest BCUT2D eigenvalue weighted by Crippen LogP contribution is 2.12. The second kappa shape index (κ2) is 15.6. The number of hydrogen-bond donors (Lipinski definition) is 9. The van der Waals surface area contributed by atoms with E-state index in [0.717, 1.165) is 0 Å². The molecule has 13 nitrogen and oxygen atoms in total. The highest BCUT2D eigenvalue weighted by atomic mass is 32.1. The molecule has 0 heterocycles. The molecular weight excluding hydrogens is 494 g/mol. The lowest BCUT2D eigenvalue weighted by atomic mass is 10.0. The van der Waals surface area contributed by atoms with Crippen LogP contribution < -0.4 is 27.4 Å². The monoisotopic (exact) mass is 527 g/mol. The van der Waals surface area contributed by atoms with Crippen molar-refractivity contribution in [2.45, 2.75) is 56.3 Å². The number of phenols is 1. The summed E-state index contributed by atoms with van der Waals surface area (Å²) in [6.07, 6.45) is 0.414. The van der Waals surface area contributed by atoms with E-state index in [2.05, 4.69) is 28.6 Å². The summed E-state index contributed by atoms with van der Waals surface area (Å²) < 4.78 is 0. The van der Waals surface area contributed by atoms with E-state index in [4.69, 9.17) is 16.6 Å². The first kappa shape index (κ1) is 30.7. The number of thiol groups is 1. The molecule has 0 aromatic heterocycles. The van der Waals surface area contributed by atoms with E-state index in [0.29, 0.717) is 24.9 Å². The number of phenolic OH excluding ortho intramolecular Hbond substituents is 1. The molecule has 0 bridgehead atoms. The molecule has 0 aliphatic rings. The quantitative estimate of drug-likeness (QED) is 0.0876. The number of nitrogens with two attached hydrogens (primary N) is 2. The number of benzene rings is 1. The van der Waals surface area contributed by atoms with Crippen LogP contribution in [-0.4, -0.2) is 81.4 Å². The molecule has 4 unspecified atom stereocenters. The Morgan fingerprint density at radius 1 is 0.861 bits per heavy atom. The summed E-state index contributed by atoms with van der Waals surface area (Å²) in [5, 5.41) is 34.8. The van der Waals surface area contributed by atoms with Crippen LogP contribution in [0.3, 0.4) is 0 Å². The van der Waals surface area contributed by atoms with Crippen molar-refractivity contribution in [1.29, 1.82) is 0 Å². The van der Waals surface area contributed by atoms with Crippen LogP contribution in [0.15, 0.2) is 24.3 Å². The zero-order chi connectivity index (χ0) is 27.3. The topological polar surface area (TPSA) is 234 Å². The standard InChI is InChI=1S/C22H33N5O8S/c23-8-2-1-3-15(20(32)27-17(11-36)22(34)35)25-21(33)16(9-12-4-6-13(28)7-5-12)26-19(31)14(24)10-18(29)30/h4-7,14-17,28,36H,1-3,8-11,23-24H2,(H,25,33)(H,26,31)(H,27,32)(H,29,30)(H,34,35). The third-order valence-electron chi connectivity index (χ3n) is 5.12. The van der Waals surface area contributed by atoms with E-state index in [1.165, 1.54) is 24.3 Å². The maximum absolute atomic E-state index is 13.2. The minimum atomic E-state index is -1.42. The third-order valence-corrected chi connectivity index (χ3v) is 5.48. The maximum Gasteiger partial charge on any atom is 0.327 e. The van der Waals surface area contributed by atoms with Crippen LogP contribution in [0.1, 0.15) is 31.2 Å². The lowest BCUT2D eigenvalue weighted by Gasteiger charge is -2.25. The van der Waals surface area contributed by atoms with Crippen LogP contribution in [0.4, 0.5) is 0 Å². The molecule has 0 fully saturated rings.